The third-order valence-electron chi connectivity index (χ3n) is 1.40. The second-order valence-corrected chi connectivity index (χ2v) is 2.14. The van der Waals surface area contributed by atoms with Gasteiger partial charge in [-0.3, -0.25) is 5.41 Å². The normalized spacial score (nSPS) is 7.77. The van der Waals surface area contributed by atoms with E-state index in [1.807, 2.05) is 0 Å². The average molecular weight is 395 g/mol. The monoisotopic (exact) mass is 395 g/mol. The Morgan fingerprint density at radius 3 is 2.08 bits per heavy atom. The van der Waals surface area contributed by atoms with Crippen LogP contribution in [0.1, 0.15) is 5.56 Å². The summed E-state index contributed by atoms with van der Waals surface area (Å²) in [5.74, 6) is 0.850. The van der Waals surface area contributed by atoms with E-state index in [1.165, 1.54) is 0 Å². The molecular formula is C8H12AcN2O2. The summed E-state index contributed by atoms with van der Waals surface area (Å²) in [6, 6.07) is 7.05. The summed E-state index contributed by atoms with van der Waals surface area (Å²) in [5, 5.41) is 7.10. The Hall–Kier alpha value is -0.108. The Kier molecular flexibility index (Phi) is 8.64. The van der Waals surface area contributed by atoms with E-state index in [4.69, 9.17) is 15.9 Å². The van der Waals surface area contributed by atoms with Gasteiger partial charge in [0.25, 0.3) is 0 Å². The molecule has 0 spiro atoms. The van der Waals surface area contributed by atoms with Crippen LogP contribution in [0.4, 0.5) is 0 Å². The van der Waals surface area contributed by atoms with Crippen molar-refractivity contribution in [2.24, 2.45) is 5.73 Å². The van der Waals surface area contributed by atoms with Gasteiger partial charge in [-0.05, 0) is 24.3 Å². The Balaban J connectivity index is 0. The van der Waals surface area contributed by atoms with E-state index in [-0.39, 0.29) is 55.4 Å². The Bertz CT molecular complexity index is 261. The molecule has 0 bridgehead atoms. The molecule has 0 aromatic heterocycles. The van der Waals surface area contributed by atoms with Gasteiger partial charge in [0.2, 0.25) is 0 Å². The van der Waals surface area contributed by atoms with Crippen molar-refractivity contribution in [2.75, 3.05) is 7.11 Å². The summed E-state index contributed by atoms with van der Waals surface area (Å²) < 4.78 is 4.94. The summed E-state index contributed by atoms with van der Waals surface area (Å²) in [6.45, 7) is 0. The predicted molar refractivity (Wildman–Crippen MR) is 47.6 cm³/mol. The topological polar surface area (TPSA) is 90.6 Å². The summed E-state index contributed by atoms with van der Waals surface area (Å²) in [5.41, 5.74) is 5.96. The van der Waals surface area contributed by atoms with Crippen LogP contribution in [0.3, 0.4) is 0 Å². The third-order valence-corrected chi connectivity index (χ3v) is 1.40. The molecule has 0 aliphatic heterocycles. The number of hydrogen-bond donors (Lipinski definition) is 2. The van der Waals surface area contributed by atoms with Gasteiger partial charge in [0.15, 0.2) is 0 Å². The van der Waals surface area contributed by atoms with Gasteiger partial charge in [-0.15, -0.1) is 0 Å². The first-order chi connectivity index (χ1) is 5.24. The van der Waals surface area contributed by atoms with Crippen molar-refractivity contribution in [1.29, 1.82) is 5.41 Å². The summed E-state index contributed by atoms with van der Waals surface area (Å²) >= 11 is 0. The van der Waals surface area contributed by atoms with Crippen molar-refractivity contribution in [1.82, 2.24) is 0 Å². The van der Waals surface area contributed by atoms with E-state index in [0.717, 1.165) is 5.75 Å². The summed E-state index contributed by atoms with van der Waals surface area (Å²) in [7, 11) is 1.60. The first-order valence-electron chi connectivity index (χ1n) is 3.22. The van der Waals surface area contributed by atoms with Crippen molar-refractivity contribution in [3.8, 4) is 5.75 Å². The molecule has 1 radical (unpaired) electrons. The summed E-state index contributed by atoms with van der Waals surface area (Å²) in [4.78, 5) is 0. The maximum Gasteiger partial charge on any atom is 0.122 e. The van der Waals surface area contributed by atoms with Crippen LogP contribution in [0, 0.1) is 49.5 Å². The molecule has 0 atom stereocenters. The zero-order valence-corrected chi connectivity index (χ0v) is 12.1. The third kappa shape index (κ3) is 4.61. The molecule has 0 unspecified atom stereocenters. The van der Waals surface area contributed by atoms with E-state index in [0.29, 0.717) is 5.56 Å². The minimum absolute atomic E-state index is 0. The van der Waals surface area contributed by atoms with Gasteiger partial charge in [0.1, 0.15) is 11.6 Å². The van der Waals surface area contributed by atoms with Crippen molar-refractivity contribution in [3.63, 3.8) is 0 Å². The van der Waals surface area contributed by atoms with Crippen molar-refractivity contribution in [3.05, 3.63) is 29.8 Å². The van der Waals surface area contributed by atoms with Crippen LogP contribution >= 0.6 is 0 Å². The number of benzene rings is 1. The summed E-state index contributed by atoms with van der Waals surface area (Å²) in [6.07, 6.45) is 0. The number of nitrogen functional groups attached to an aromatic ring is 1. The SMILES string of the molecule is COc1ccc(C(=N)N)cc1.O.[Ac]. The van der Waals surface area contributed by atoms with Crippen molar-refractivity contribution in [2.45, 2.75) is 0 Å². The van der Waals surface area contributed by atoms with Gasteiger partial charge in [0, 0.05) is 49.6 Å². The van der Waals surface area contributed by atoms with E-state index in [2.05, 4.69) is 0 Å². The number of amidine groups is 1. The van der Waals surface area contributed by atoms with E-state index in [9.17, 15) is 0 Å². The van der Waals surface area contributed by atoms with Crippen molar-refractivity contribution >= 4 is 5.84 Å². The molecule has 5 N–H and O–H groups in total. The molecule has 0 heterocycles. The molecule has 4 nitrogen and oxygen atoms in total. The zero-order chi connectivity index (χ0) is 8.27. The van der Waals surface area contributed by atoms with Crippen LogP contribution in [0.15, 0.2) is 24.3 Å². The first kappa shape index (κ1) is 15.4. The number of hydrogen-bond acceptors (Lipinski definition) is 2. The van der Waals surface area contributed by atoms with E-state index in [1.54, 1.807) is 31.4 Å². The average Bonchev–Trinajstić information content (AvgIpc) is 2.05. The molecule has 1 aromatic carbocycles. The van der Waals surface area contributed by atoms with E-state index < -0.39 is 0 Å². The van der Waals surface area contributed by atoms with Crippen LogP contribution in [0.5, 0.6) is 5.75 Å². The second-order valence-electron chi connectivity index (χ2n) is 2.14. The molecule has 0 saturated heterocycles. The zero-order valence-electron chi connectivity index (χ0n) is 7.37. The molecule has 0 amide bonds. The fourth-order valence-electron chi connectivity index (χ4n) is 0.771. The second kappa shape index (κ2) is 7.31. The molecular weight excluding hydrogens is 383 g/mol. The van der Waals surface area contributed by atoms with Gasteiger partial charge in [-0.1, -0.05) is 0 Å². The number of nitrogens with two attached hydrogens (primary N) is 1. The Morgan fingerprint density at radius 1 is 1.31 bits per heavy atom. The Morgan fingerprint density at radius 2 is 1.77 bits per heavy atom. The quantitative estimate of drug-likeness (QED) is 0.552. The smallest absolute Gasteiger partial charge is 0.122 e. The number of methoxy groups -OCH3 is 1. The van der Waals surface area contributed by atoms with Crippen LogP contribution in [0.25, 0.3) is 0 Å². The van der Waals surface area contributed by atoms with Crippen molar-refractivity contribution < 1.29 is 54.3 Å². The van der Waals surface area contributed by atoms with Crippen LogP contribution < -0.4 is 10.5 Å². The van der Waals surface area contributed by atoms with Gasteiger partial charge in [-0.2, -0.15) is 0 Å². The number of rotatable bonds is 2. The molecule has 0 aliphatic carbocycles. The molecule has 1 rings (SSSR count). The minimum Gasteiger partial charge on any atom is -0.497 e. The minimum atomic E-state index is 0. The molecule has 5 heteroatoms. The first-order valence-corrected chi connectivity index (χ1v) is 3.22. The molecule has 0 saturated carbocycles. The molecule has 1 aromatic rings. The molecule has 0 fully saturated rings. The predicted octanol–water partition coefficient (Wildman–Crippen LogP) is 0.155. The molecule has 69 valence electrons. The van der Waals surface area contributed by atoms with E-state index >= 15 is 0 Å². The molecule has 0 aliphatic rings. The van der Waals surface area contributed by atoms with Crippen LogP contribution in [-0.4, -0.2) is 18.4 Å². The fraction of sp³-hybridized carbons (Fsp3) is 0.125. The maximum atomic E-state index is 7.10. The maximum absolute atomic E-state index is 7.10. The standard InChI is InChI=1S/C8H10N2O.Ac.H2O/c1-11-7-4-2-6(3-5-7)8(9)10;;/h2-5H,1H3,(H3,9,10);;1H2. The van der Waals surface area contributed by atoms with Gasteiger partial charge in [-0.25, -0.2) is 0 Å². The van der Waals surface area contributed by atoms with Crippen LogP contribution in [-0.2, 0) is 0 Å². The van der Waals surface area contributed by atoms with Gasteiger partial charge in [0.05, 0.1) is 7.11 Å². The largest absolute Gasteiger partial charge is 0.497 e. The van der Waals surface area contributed by atoms with Gasteiger partial charge < -0.3 is 15.9 Å². The number of nitrogens with one attached hydrogen (secondary N) is 1. The Labute approximate surface area is 113 Å². The molecule has 13 heavy (non-hydrogen) atoms. The van der Waals surface area contributed by atoms with Gasteiger partial charge >= 0.3 is 0 Å². The fourth-order valence-corrected chi connectivity index (χ4v) is 0.771. The number of ether oxygens (including phenoxy) is 1. The van der Waals surface area contributed by atoms with Crippen LogP contribution in [0.2, 0.25) is 0 Å².